The molecule has 0 unspecified atom stereocenters. The summed E-state index contributed by atoms with van der Waals surface area (Å²) in [4.78, 5) is 52.3. The molecule has 3 amide bonds. The van der Waals surface area contributed by atoms with E-state index in [2.05, 4.69) is 10.2 Å². The van der Waals surface area contributed by atoms with Crippen LogP contribution in [-0.4, -0.2) is 54.8 Å². The number of carbonyl (C=O) groups is 4. The van der Waals surface area contributed by atoms with E-state index in [4.69, 9.17) is 4.74 Å². The van der Waals surface area contributed by atoms with Crippen molar-refractivity contribution in [3.05, 3.63) is 36.4 Å². The highest BCUT2D eigenvalue weighted by Gasteiger charge is 2.47. The van der Waals surface area contributed by atoms with Gasteiger partial charge in [-0.3, -0.25) is 24.1 Å². The van der Waals surface area contributed by atoms with Crippen molar-refractivity contribution in [3.63, 3.8) is 0 Å². The third kappa shape index (κ3) is 4.78. The summed E-state index contributed by atoms with van der Waals surface area (Å²) in [6, 6.07) is 7.57. The molecule has 8 heteroatoms. The van der Waals surface area contributed by atoms with E-state index in [1.165, 1.54) is 19.3 Å². The average molecular weight is 425 g/mol. The van der Waals surface area contributed by atoms with Crippen molar-refractivity contribution in [1.82, 2.24) is 4.90 Å². The van der Waals surface area contributed by atoms with Crippen LogP contribution in [0.4, 0.5) is 11.4 Å². The van der Waals surface area contributed by atoms with Gasteiger partial charge in [-0.15, -0.1) is 0 Å². The number of nitrogens with one attached hydrogen (secondary N) is 1. The molecule has 0 aromatic heterocycles. The summed E-state index contributed by atoms with van der Waals surface area (Å²) in [6.07, 6.45) is 8.45. The summed E-state index contributed by atoms with van der Waals surface area (Å²) in [5.41, 5.74) is 1.74. The van der Waals surface area contributed by atoms with Gasteiger partial charge in [-0.05, 0) is 56.4 Å². The van der Waals surface area contributed by atoms with Crippen LogP contribution in [0.5, 0.6) is 0 Å². The molecule has 1 aromatic rings. The molecular formula is C23H27N3O5. The molecule has 0 bridgehead atoms. The Bertz CT molecular complexity index is 863. The topological polar surface area (TPSA) is 96.0 Å². The van der Waals surface area contributed by atoms with Gasteiger partial charge in [0.2, 0.25) is 11.8 Å². The summed E-state index contributed by atoms with van der Waals surface area (Å²) in [5, 5.41) is 2.69. The summed E-state index contributed by atoms with van der Waals surface area (Å²) in [7, 11) is 0. The Morgan fingerprint density at radius 1 is 0.935 bits per heavy atom. The third-order valence-electron chi connectivity index (χ3n) is 6.12. The van der Waals surface area contributed by atoms with Crippen molar-refractivity contribution >= 4 is 35.1 Å². The Labute approximate surface area is 181 Å². The molecular weight excluding hydrogens is 398 g/mol. The Hall–Kier alpha value is -3.16. The summed E-state index contributed by atoms with van der Waals surface area (Å²) in [5.74, 6) is -2.70. The molecule has 0 saturated carbocycles. The molecule has 8 nitrogen and oxygen atoms in total. The molecule has 2 heterocycles. The molecule has 1 N–H and O–H groups in total. The number of carbonyl (C=O) groups excluding carboxylic acids is 4. The Morgan fingerprint density at radius 2 is 1.55 bits per heavy atom. The van der Waals surface area contributed by atoms with E-state index in [1.54, 1.807) is 0 Å². The lowest BCUT2D eigenvalue weighted by Crippen LogP contribution is -2.37. The Kier molecular flexibility index (Phi) is 6.34. The number of piperidine rings is 1. The Morgan fingerprint density at radius 3 is 2.16 bits per heavy atom. The predicted octanol–water partition coefficient (Wildman–Crippen LogP) is 2.11. The van der Waals surface area contributed by atoms with E-state index in [0.29, 0.717) is 18.5 Å². The second-order valence-corrected chi connectivity index (χ2v) is 8.22. The highest BCUT2D eigenvalue weighted by Crippen LogP contribution is 2.34. The lowest BCUT2D eigenvalue weighted by molar-refractivity contribution is -0.154. The maximum atomic E-state index is 12.4. The lowest BCUT2D eigenvalue weighted by Gasteiger charge is -2.28. The number of hydrogen-bond donors (Lipinski definition) is 1. The minimum absolute atomic E-state index is 0.338. The largest absolute Gasteiger partial charge is 0.454 e. The van der Waals surface area contributed by atoms with E-state index in [0.717, 1.165) is 23.7 Å². The molecule has 0 radical (unpaired) electrons. The number of imide groups is 1. The second kappa shape index (κ2) is 9.32. The van der Waals surface area contributed by atoms with Crippen LogP contribution in [0.15, 0.2) is 36.4 Å². The number of rotatable bonds is 6. The summed E-state index contributed by atoms with van der Waals surface area (Å²) >= 11 is 0. The van der Waals surface area contributed by atoms with E-state index in [9.17, 15) is 19.2 Å². The number of benzene rings is 1. The van der Waals surface area contributed by atoms with Gasteiger partial charge in [0, 0.05) is 24.5 Å². The highest BCUT2D eigenvalue weighted by molar-refractivity contribution is 6.07. The molecule has 3 aliphatic rings. The molecule has 2 aliphatic heterocycles. The van der Waals surface area contributed by atoms with Crippen LogP contribution < -0.4 is 10.2 Å². The summed E-state index contributed by atoms with van der Waals surface area (Å²) < 4.78 is 4.99. The first-order valence-corrected chi connectivity index (χ1v) is 10.8. The van der Waals surface area contributed by atoms with E-state index in [1.807, 2.05) is 36.4 Å². The van der Waals surface area contributed by atoms with Gasteiger partial charge in [-0.2, -0.15) is 0 Å². The fraction of sp³-hybridized carbons (Fsp3) is 0.478. The normalized spacial score (nSPS) is 23.0. The van der Waals surface area contributed by atoms with Gasteiger partial charge in [0.1, 0.15) is 6.54 Å². The number of nitrogens with zero attached hydrogens (tertiary/aromatic N) is 2. The molecule has 2 atom stereocenters. The fourth-order valence-corrected chi connectivity index (χ4v) is 4.45. The van der Waals surface area contributed by atoms with Gasteiger partial charge in [-0.1, -0.05) is 12.2 Å². The fourth-order valence-electron chi connectivity index (χ4n) is 4.45. The van der Waals surface area contributed by atoms with Crippen LogP contribution in [0.3, 0.4) is 0 Å². The lowest BCUT2D eigenvalue weighted by atomic mass is 9.85. The van der Waals surface area contributed by atoms with Gasteiger partial charge >= 0.3 is 5.97 Å². The van der Waals surface area contributed by atoms with E-state index >= 15 is 0 Å². The molecule has 4 rings (SSSR count). The van der Waals surface area contributed by atoms with Crippen LogP contribution in [0.25, 0.3) is 0 Å². The zero-order valence-corrected chi connectivity index (χ0v) is 17.4. The van der Waals surface area contributed by atoms with Crippen molar-refractivity contribution in [2.24, 2.45) is 11.8 Å². The van der Waals surface area contributed by atoms with Gasteiger partial charge in [0.25, 0.3) is 5.91 Å². The molecule has 1 aliphatic carbocycles. The monoisotopic (exact) mass is 425 g/mol. The minimum atomic E-state index is -0.774. The summed E-state index contributed by atoms with van der Waals surface area (Å²) in [6.45, 7) is 1.16. The highest BCUT2D eigenvalue weighted by atomic mass is 16.5. The molecule has 2 saturated heterocycles. The minimum Gasteiger partial charge on any atom is -0.454 e. The zero-order valence-electron chi connectivity index (χ0n) is 17.4. The number of esters is 1. The number of fused-ring (bicyclic) bond motifs is 1. The Balaban J connectivity index is 1.23. The van der Waals surface area contributed by atoms with Crippen LogP contribution in [0.2, 0.25) is 0 Å². The number of ether oxygens (including phenoxy) is 1. The number of hydrogen-bond acceptors (Lipinski definition) is 6. The molecule has 0 spiro atoms. The second-order valence-electron chi connectivity index (χ2n) is 8.22. The molecule has 1 aromatic carbocycles. The smallest absolute Gasteiger partial charge is 0.326 e. The predicted molar refractivity (Wildman–Crippen MR) is 114 cm³/mol. The first kappa shape index (κ1) is 21.1. The van der Waals surface area contributed by atoms with Gasteiger partial charge in [-0.25, -0.2) is 0 Å². The van der Waals surface area contributed by atoms with Crippen molar-refractivity contribution in [1.29, 1.82) is 0 Å². The van der Waals surface area contributed by atoms with Crippen LogP contribution in [0.1, 0.15) is 32.1 Å². The molecule has 31 heavy (non-hydrogen) atoms. The van der Waals surface area contributed by atoms with Crippen molar-refractivity contribution in [2.45, 2.75) is 32.1 Å². The van der Waals surface area contributed by atoms with Crippen LogP contribution >= 0.6 is 0 Å². The van der Waals surface area contributed by atoms with Gasteiger partial charge in [0.15, 0.2) is 6.61 Å². The van der Waals surface area contributed by atoms with Gasteiger partial charge < -0.3 is 15.0 Å². The maximum Gasteiger partial charge on any atom is 0.326 e. The third-order valence-corrected chi connectivity index (χ3v) is 6.12. The van der Waals surface area contributed by atoms with Crippen molar-refractivity contribution < 1.29 is 23.9 Å². The number of amides is 3. The maximum absolute atomic E-state index is 12.4. The standard InChI is InChI=1S/C23H27N3O5/c27-20(24-16-8-10-17(11-9-16)25-12-4-1-5-13-25)15-31-21(28)14-26-22(29)18-6-2-3-7-19(18)23(26)30/h2-3,8-11,18-19H,1,4-7,12-15H2,(H,24,27)/t18-,19-/m1/s1. The quantitative estimate of drug-likeness (QED) is 0.426. The van der Waals surface area contributed by atoms with Gasteiger partial charge in [0.05, 0.1) is 11.8 Å². The first-order chi connectivity index (χ1) is 15.0. The number of anilines is 2. The zero-order chi connectivity index (χ0) is 21.8. The van der Waals surface area contributed by atoms with Crippen molar-refractivity contribution in [2.75, 3.05) is 36.5 Å². The average Bonchev–Trinajstić information content (AvgIpc) is 3.04. The molecule has 164 valence electrons. The van der Waals surface area contributed by atoms with E-state index < -0.39 is 25.0 Å². The van der Waals surface area contributed by atoms with Crippen LogP contribution in [-0.2, 0) is 23.9 Å². The molecule has 2 fully saturated rings. The van der Waals surface area contributed by atoms with E-state index in [-0.39, 0.29) is 23.7 Å². The van der Waals surface area contributed by atoms with Crippen LogP contribution in [0, 0.1) is 11.8 Å². The number of allylic oxidation sites excluding steroid dienone is 2. The number of likely N-dealkylation sites (tertiary alicyclic amines) is 1. The van der Waals surface area contributed by atoms with Crippen molar-refractivity contribution in [3.8, 4) is 0 Å². The SMILES string of the molecule is O=C(COC(=O)CN1C(=O)[C@@H]2CC=CC[C@H]2C1=O)Nc1ccc(N2CCCCC2)cc1. The first-order valence-electron chi connectivity index (χ1n) is 10.8.